The number of fused-ring (bicyclic) bond motifs is 1. The molecule has 2 heterocycles. The summed E-state index contributed by atoms with van der Waals surface area (Å²) in [5.74, 6) is 2.25. The van der Waals surface area contributed by atoms with Crippen molar-refractivity contribution < 1.29 is 14.3 Å². The first-order chi connectivity index (χ1) is 11.5. The molecule has 1 N–H and O–H groups in total. The van der Waals surface area contributed by atoms with Gasteiger partial charge in [0.2, 0.25) is 5.91 Å². The maximum absolute atomic E-state index is 13.2. The number of ether oxygens (including phenoxy) is 2. The molecule has 1 aromatic rings. The summed E-state index contributed by atoms with van der Waals surface area (Å²) < 4.78 is 11.3. The van der Waals surface area contributed by atoms with Gasteiger partial charge in [-0.2, -0.15) is 0 Å². The number of nitrogens with one attached hydrogen (secondary N) is 1. The van der Waals surface area contributed by atoms with Crippen LogP contribution in [-0.4, -0.2) is 50.7 Å². The Bertz CT molecular complexity index is 604. The third-order valence-electron chi connectivity index (χ3n) is 5.10. The maximum Gasteiger partial charge on any atom is 0.232 e. The summed E-state index contributed by atoms with van der Waals surface area (Å²) in [5.41, 5.74) is 0.407. The average Bonchev–Trinajstić information content (AvgIpc) is 2.61. The first-order valence-corrected chi connectivity index (χ1v) is 8.86. The van der Waals surface area contributed by atoms with Crippen molar-refractivity contribution in [2.75, 3.05) is 39.9 Å². The Morgan fingerprint density at radius 2 is 2.00 bits per heavy atom. The van der Waals surface area contributed by atoms with Crippen LogP contribution in [0, 0.1) is 5.92 Å². The predicted octanol–water partition coefficient (Wildman–Crippen LogP) is 2.62. The van der Waals surface area contributed by atoms with Crippen LogP contribution in [0.25, 0.3) is 0 Å². The molecule has 0 bridgehead atoms. The fourth-order valence-corrected chi connectivity index (χ4v) is 3.66. The Balaban J connectivity index is 0.00000225. The van der Waals surface area contributed by atoms with E-state index >= 15 is 0 Å². The van der Waals surface area contributed by atoms with Gasteiger partial charge >= 0.3 is 0 Å². The first kappa shape index (κ1) is 19.9. The van der Waals surface area contributed by atoms with E-state index in [9.17, 15) is 4.79 Å². The molecule has 3 rings (SSSR count). The highest BCUT2D eigenvalue weighted by Crippen LogP contribution is 2.36. The summed E-state index contributed by atoms with van der Waals surface area (Å²) in [7, 11) is 1.97. The Hall–Kier alpha value is -1.46. The van der Waals surface area contributed by atoms with E-state index in [0.717, 1.165) is 43.1 Å². The summed E-state index contributed by atoms with van der Waals surface area (Å²) >= 11 is 0. The van der Waals surface area contributed by atoms with Crippen molar-refractivity contribution >= 4 is 18.3 Å². The van der Waals surface area contributed by atoms with Crippen LogP contribution in [0.2, 0.25) is 0 Å². The van der Waals surface area contributed by atoms with Gasteiger partial charge in [-0.1, -0.05) is 6.07 Å². The van der Waals surface area contributed by atoms with Gasteiger partial charge in [0.05, 0.1) is 5.41 Å². The van der Waals surface area contributed by atoms with Crippen molar-refractivity contribution in [3.63, 3.8) is 0 Å². The monoisotopic (exact) mass is 368 g/mol. The third-order valence-corrected chi connectivity index (χ3v) is 5.10. The second-order valence-corrected chi connectivity index (χ2v) is 7.30. The lowest BCUT2D eigenvalue weighted by Crippen LogP contribution is -2.49. The Morgan fingerprint density at radius 1 is 1.28 bits per heavy atom. The van der Waals surface area contributed by atoms with Crippen LogP contribution in [0.1, 0.15) is 32.3 Å². The van der Waals surface area contributed by atoms with Crippen LogP contribution in [-0.2, 0) is 10.2 Å². The minimum atomic E-state index is -0.572. The molecule has 0 aromatic heterocycles. The lowest BCUT2D eigenvalue weighted by Gasteiger charge is -2.38. The van der Waals surface area contributed by atoms with Gasteiger partial charge in [0.25, 0.3) is 0 Å². The van der Waals surface area contributed by atoms with Gasteiger partial charge in [-0.3, -0.25) is 4.79 Å². The SMILES string of the molecule is CNCC1CCCN(C(=O)C(C)(C)c2ccc3c(c2)OCCO3)C1.Cl. The molecule has 25 heavy (non-hydrogen) atoms. The van der Waals surface area contributed by atoms with Crippen molar-refractivity contribution in [2.24, 2.45) is 5.92 Å². The number of halogens is 1. The number of carbonyl (C=O) groups is 1. The van der Waals surface area contributed by atoms with Crippen molar-refractivity contribution in [2.45, 2.75) is 32.1 Å². The predicted molar refractivity (Wildman–Crippen MR) is 101 cm³/mol. The first-order valence-electron chi connectivity index (χ1n) is 8.86. The van der Waals surface area contributed by atoms with Crippen LogP contribution < -0.4 is 14.8 Å². The fraction of sp³-hybridized carbons (Fsp3) is 0.632. The average molecular weight is 369 g/mol. The zero-order valence-electron chi connectivity index (χ0n) is 15.3. The second-order valence-electron chi connectivity index (χ2n) is 7.30. The zero-order chi connectivity index (χ0) is 17.2. The van der Waals surface area contributed by atoms with E-state index < -0.39 is 5.41 Å². The zero-order valence-corrected chi connectivity index (χ0v) is 16.2. The molecule has 1 unspecified atom stereocenters. The lowest BCUT2D eigenvalue weighted by atomic mass is 9.82. The number of carbonyl (C=O) groups excluding carboxylic acids is 1. The summed E-state index contributed by atoms with van der Waals surface area (Å²) in [6.07, 6.45) is 2.27. The molecular weight excluding hydrogens is 340 g/mol. The minimum absolute atomic E-state index is 0. The second kappa shape index (κ2) is 8.28. The molecule has 140 valence electrons. The van der Waals surface area contributed by atoms with Crippen LogP contribution in [0.3, 0.4) is 0 Å². The van der Waals surface area contributed by atoms with E-state index in [0.29, 0.717) is 19.1 Å². The molecule has 6 heteroatoms. The quantitative estimate of drug-likeness (QED) is 0.887. The lowest BCUT2D eigenvalue weighted by molar-refractivity contribution is -0.138. The number of nitrogens with zero attached hydrogens (tertiary/aromatic N) is 1. The van der Waals surface area contributed by atoms with Crippen molar-refractivity contribution in [3.8, 4) is 11.5 Å². The Morgan fingerprint density at radius 3 is 2.72 bits per heavy atom. The van der Waals surface area contributed by atoms with Crippen molar-refractivity contribution in [1.82, 2.24) is 10.2 Å². The standard InChI is InChI=1S/C19H28N2O3.ClH/c1-19(2,15-6-7-16-17(11-15)24-10-9-23-16)18(22)21-8-4-5-14(13-21)12-20-3;/h6-7,11,14,20H,4-5,8-10,12-13H2,1-3H3;1H. The van der Waals surface area contributed by atoms with Gasteiger partial charge in [-0.25, -0.2) is 0 Å². The smallest absolute Gasteiger partial charge is 0.232 e. The van der Waals surface area contributed by atoms with Gasteiger partial charge < -0.3 is 19.7 Å². The van der Waals surface area contributed by atoms with E-state index in [1.165, 1.54) is 6.42 Å². The van der Waals surface area contributed by atoms with Crippen LogP contribution in [0.5, 0.6) is 11.5 Å². The van der Waals surface area contributed by atoms with Gasteiger partial charge in [0.1, 0.15) is 13.2 Å². The minimum Gasteiger partial charge on any atom is -0.486 e. The highest BCUT2D eigenvalue weighted by molar-refractivity contribution is 5.87. The molecule has 2 aliphatic heterocycles. The number of likely N-dealkylation sites (tertiary alicyclic amines) is 1. The number of benzene rings is 1. The summed E-state index contributed by atoms with van der Waals surface area (Å²) in [5, 5.41) is 3.23. The Labute approximate surface area is 156 Å². The Kier molecular flexibility index (Phi) is 6.58. The number of piperidine rings is 1. The molecule has 1 fully saturated rings. The highest BCUT2D eigenvalue weighted by atomic mass is 35.5. The number of amides is 1. The number of hydrogen-bond donors (Lipinski definition) is 1. The largest absolute Gasteiger partial charge is 0.486 e. The van der Waals surface area contributed by atoms with E-state index in [1.54, 1.807) is 0 Å². The fourth-order valence-electron chi connectivity index (χ4n) is 3.66. The molecule has 1 amide bonds. The molecule has 5 nitrogen and oxygen atoms in total. The molecule has 1 atom stereocenters. The molecule has 1 saturated heterocycles. The van der Waals surface area contributed by atoms with E-state index in [2.05, 4.69) is 5.32 Å². The van der Waals surface area contributed by atoms with E-state index in [1.807, 2.05) is 44.0 Å². The van der Waals surface area contributed by atoms with Gasteiger partial charge in [-0.15, -0.1) is 12.4 Å². The maximum atomic E-state index is 13.2. The van der Waals surface area contributed by atoms with E-state index in [-0.39, 0.29) is 18.3 Å². The van der Waals surface area contributed by atoms with Crippen molar-refractivity contribution in [3.05, 3.63) is 23.8 Å². The van der Waals surface area contributed by atoms with Crippen LogP contribution >= 0.6 is 12.4 Å². The van der Waals surface area contributed by atoms with Gasteiger partial charge in [0.15, 0.2) is 11.5 Å². The number of hydrogen-bond acceptors (Lipinski definition) is 4. The molecule has 0 aliphatic carbocycles. The normalized spacial score (nSPS) is 20.0. The number of rotatable bonds is 4. The van der Waals surface area contributed by atoms with Crippen LogP contribution in [0.15, 0.2) is 18.2 Å². The molecular formula is C19H29ClN2O3. The third kappa shape index (κ3) is 4.21. The summed E-state index contributed by atoms with van der Waals surface area (Å²) in [6.45, 7) is 7.80. The molecule has 0 saturated carbocycles. The topological polar surface area (TPSA) is 50.8 Å². The van der Waals surface area contributed by atoms with Crippen LogP contribution in [0.4, 0.5) is 0 Å². The van der Waals surface area contributed by atoms with Gasteiger partial charge in [0, 0.05) is 13.1 Å². The molecule has 0 radical (unpaired) electrons. The molecule has 1 aromatic carbocycles. The van der Waals surface area contributed by atoms with Crippen molar-refractivity contribution in [1.29, 1.82) is 0 Å². The summed E-state index contributed by atoms with van der Waals surface area (Å²) in [4.78, 5) is 15.2. The highest BCUT2D eigenvalue weighted by Gasteiger charge is 2.36. The van der Waals surface area contributed by atoms with Gasteiger partial charge in [-0.05, 0) is 63.9 Å². The molecule has 2 aliphatic rings. The summed E-state index contributed by atoms with van der Waals surface area (Å²) in [6, 6.07) is 5.86. The molecule has 0 spiro atoms. The van der Waals surface area contributed by atoms with E-state index in [4.69, 9.17) is 9.47 Å².